The number of rotatable bonds is 6. The fraction of sp³-hybridized carbons (Fsp3) is 0.706. The molecule has 0 radical (unpaired) electrons. The topological polar surface area (TPSA) is 88.5 Å². The zero-order valence-corrected chi connectivity index (χ0v) is 15.0. The number of fused-ring (bicyclic) bond motifs is 1. The van der Waals surface area contributed by atoms with Gasteiger partial charge in [0.15, 0.2) is 0 Å². The summed E-state index contributed by atoms with van der Waals surface area (Å²) in [6, 6.07) is 1.68. The van der Waals surface area contributed by atoms with E-state index in [4.69, 9.17) is 4.74 Å². The van der Waals surface area contributed by atoms with Crippen LogP contribution in [0.3, 0.4) is 0 Å². The molecule has 2 heterocycles. The highest BCUT2D eigenvalue weighted by Gasteiger charge is 2.31. The van der Waals surface area contributed by atoms with Crippen molar-refractivity contribution >= 4 is 11.9 Å². The van der Waals surface area contributed by atoms with Gasteiger partial charge in [0.1, 0.15) is 0 Å². The molecule has 2 N–H and O–H groups in total. The first-order chi connectivity index (χ1) is 12.1. The Morgan fingerprint density at radius 2 is 2.20 bits per heavy atom. The SMILES string of the molecule is COC[C@H](C)NC(=O)NCc1cc2n(n1)CCN(C(=O)C1CCC1)C2. The summed E-state index contributed by atoms with van der Waals surface area (Å²) < 4.78 is 6.93. The lowest BCUT2D eigenvalue weighted by Crippen LogP contribution is -2.43. The average Bonchev–Trinajstić information content (AvgIpc) is 2.93. The quantitative estimate of drug-likeness (QED) is 0.797. The Labute approximate surface area is 147 Å². The number of methoxy groups -OCH3 is 1. The molecule has 8 heteroatoms. The van der Waals surface area contributed by atoms with E-state index in [0.717, 1.165) is 24.2 Å². The van der Waals surface area contributed by atoms with Gasteiger partial charge in [-0.25, -0.2) is 4.79 Å². The van der Waals surface area contributed by atoms with Gasteiger partial charge in [0, 0.05) is 19.6 Å². The van der Waals surface area contributed by atoms with Crippen LogP contribution in [-0.4, -0.2) is 52.9 Å². The first kappa shape index (κ1) is 17.7. The maximum absolute atomic E-state index is 12.4. The van der Waals surface area contributed by atoms with E-state index in [1.165, 1.54) is 6.42 Å². The summed E-state index contributed by atoms with van der Waals surface area (Å²) in [6.07, 6.45) is 3.23. The summed E-state index contributed by atoms with van der Waals surface area (Å²) >= 11 is 0. The van der Waals surface area contributed by atoms with E-state index >= 15 is 0 Å². The van der Waals surface area contributed by atoms with E-state index in [0.29, 0.717) is 32.8 Å². The van der Waals surface area contributed by atoms with Gasteiger partial charge in [-0.3, -0.25) is 9.48 Å². The number of carbonyl (C=O) groups excluding carboxylic acids is 2. The van der Waals surface area contributed by atoms with Crippen molar-refractivity contribution < 1.29 is 14.3 Å². The van der Waals surface area contributed by atoms with Crippen LogP contribution in [-0.2, 0) is 29.2 Å². The molecule has 0 bridgehead atoms. The van der Waals surface area contributed by atoms with Crippen LogP contribution in [0.4, 0.5) is 4.79 Å². The number of nitrogens with one attached hydrogen (secondary N) is 2. The monoisotopic (exact) mass is 349 g/mol. The minimum absolute atomic E-state index is 0.0497. The Morgan fingerprint density at radius 3 is 2.88 bits per heavy atom. The third-order valence-corrected chi connectivity index (χ3v) is 4.84. The highest BCUT2D eigenvalue weighted by atomic mass is 16.5. The van der Waals surface area contributed by atoms with E-state index in [1.54, 1.807) is 7.11 Å². The Kier molecular flexibility index (Phi) is 5.57. The second kappa shape index (κ2) is 7.86. The standard InChI is InChI=1S/C17H27N5O3/c1-12(11-25-2)19-17(24)18-9-14-8-15-10-21(6-7-22(15)20-14)16(23)13-4-3-5-13/h8,12-13H,3-7,9-11H2,1-2H3,(H2,18,19,24)/t12-/m0/s1. The summed E-state index contributed by atoms with van der Waals surface area (Å²) in [5.74, 6) is 0.512. The van der Waals surface area contributed by atoms with Gasteiger partial charge < -0.3 is 20.3 Å². The van der Waals surface area contributed by atoms with E-state index in [9.17, 15) is 9.59 Å². The Morgan fingerprint density at radius 1 is 1.40 bits per heavy atom. The number of ether oxygens (including phenoxy) is 1. The van der Waals surface area contributed by atoms with Crippen LogP contribution in [0.5, 0.6) is 0 Å². The molecule has 2 aliphatic rings. The summed E-state index contributed by atoms with van der Waals surface area (Å²) in [5, 5.41) is 10.1. The summed E-state index contributed by atoms with van der Waals surface area (Å²) in [6.45, 7) is 4.75. The predicted octanol–water partition coefficient (Wildman–Crippen LogP) is 0.860. The molecular weight excluding hydrogens is 322 g/mol. The molecule has 1 fully saturated rings. The van der Waals surface area contributed by atoms with Gasteiger partial charge in [0.25, 0.3) is 0 Å². The molecule has 0 aromatic carbocycles. The van der Waals surface area contributed by atoms with Gasteiger partial charge in [-0.05, 0) is 25.8 Å². The Hall–Kier alpha value is -2.09. The first-order valence-corrected chi connectivity index (χ1v) is 8.94. The van der Waals surface area contributed by atoms with Gasteiger partial charge in [-0.1, -0.05) is 6.42 Å². The van der Waals surface area contributed by atoms with Crippen molar-refractivity contribution in [3.05, 3.63) is 17.5 Å². The van der Waals surface area contributed by atoms with E-state index in [2.05, 4.69) is 15.7 Å². The first-order valence-electron chi connectivity index (χ1n) is 8.94. The van der Waals surface area contributed by atoms with E-state index < -0.39 is 0 Å². The second-order valence-corrected chi connectivity index (χ2v) is 6.92. The van der Waals surface area contributed by atoms with Crippen molar-refractivity contribution in [3.8, 4) is 0 Å². The molecule has 1 aliphatic heterocycles. The van der Waals surface area contributed by atoms with Crippen LogP contribution >= 0.6 is 0 Å². The molecule has 0 spiro atoms. The lowest BCUT2D eigenvalue weighted by atomic mass is 9.84. The average molecular weight is 349 g/mol. The lowest BCUT2D eigenvalue weighted by molar-refractivity contribution is -0.139. The van der Waals surface area contributed by atoms with Gasteiger partial charge in [0.2, 0.25) is 5.91 Å². The minimum Gasteiger partial charge on any atom is -0.383 e. The van der Waals surface area contributed by atoms with Crippen LogP contribution in [0.2, 0.25) is 0 Å². The lowest BCUT2D eigenvalue weighted by Gasteiger charge is -2.34. The normalized spacial score (nSPS) is 18.2. The van der Waals surface area contributed by atoms with E-state index in [-0.39, 0.29) is 23.9 Å². The highest BCUT2D eigenvalue weighted by Crippen LogP contribution is 2.29. The molecule has 8 nitrogen and oxygen atoms in total. The molecule has 3 rings (SSSR count). The van der Waals surface area contributed by atoms with Crippen molar-refractivity contribution in [2.45, 2.75) is 51.9 Å². The zero-order valence-electron chi connectivity index (χ0n) is 15.0. The number of hydrogen-bond donors (Lipinski definition) is 2. The van der Waals surface area contributed by atoms with Crippen LogP contribution < -0.4 is 10.6 Å². The fourth-order valence-electron chi connectivity index (χ4n) is 3.25. The number of carbonyl (C=O) groups is 2. The van der Waals surface area contributed by atoms with Crippen molar-refractivity contribution in [1.29, 1.82) is 0 Å². The van der Waals surface area contributed by atoms with Crippen molar-refractivity contribution in [3.63, 3.8) is 0 Å². The Balaban J connectivity index is 1.50. The number of urea groups is 1. The van der Waals surface area contributed by atoms with Crippen LogP contribution in [0, 0.1) is 5.92 Å². The molecular formula is C17H27N5O3. The molecule has 1 aliphatic carbocycles. The maximum Gasteiger partial charge on any atom is 0.315 e. The third-order valence-electron chi connectivity index (χ3n) is 4.84. The second-order valence-electron chi connectivity index (χ2n) is 6.92. The Bertz CT molecular complexity index is 626. The fourth-order valence-corrected chi connectivity index (χ4v) is 3.25. The van der Waals surface area contributed by atoms with Gasteiger partial charge >= 0.3 is 6.03 Å². The molecule has 3 amide bonds. The molecule has 1 aromatic heterocycles. The van der Waals surface area contributed by atoms with Crippen molar-refractivity contribution in [1.82, 2.24) is 25.3 Å². The van der Waals surface area contributed by atoms with Crippen LogP contribution in [0.15, 0.2) is 6.07 Å². The van der Waals surface area contributed by atoms with E-state index in [1.807, 2.05) is 22.6 Å². The summed E-state index contributed by atoms with van der Waals surface area (Å²) in [5.41, 5.74) is 1.84. The smallest absolute Gasteiger partial charge is 0.315 e. The molecule has 0 saturated heterocycles. The van der Waals surface area contributed by atoms with Crippen molar-refractivity contribution in [2.24, 2.45) is 5.92 Å². The molecule has 25 heavy (non-hydrogen) atoms. The number of nitrogens with zero attached hydrogens (tertiary/aromatic N) is 3. The minimum atomic E-state index is -0.239. The van der Waals surface area contributed by atoms with Crippen LogP contribution in [0.1, 0.15) is 37.6 Å². The van der Waals surface area contributed by atoms with Crippen LogP contribution in [0.25, 0.3) is 0 Å². The van der Waals surface area contributed by atoms with Gasteiger partial charge in [0.05, 0.1) is 43.7 Å². The third kappa shape index (κ3) is 4.31. The summed E-state index contributed by atoms with van der Waals surface area (Å²) in [7, 11) is 1.60. The summed E-state index contributed by atoms with van der Waals surface area (Å²) in [4.78, 5) is 26.2. The highest BCUT2D eigenvalue weighted by molar-refractivity contribution is 5.79. The number of amides is 3. The van der Waals surface area contributed by atoms with Gasteiger partial charge in [-0.15, -0.1) is 0 Å². The maximum atomic E-state index is 12.4. The number of hydrogen-bond acceptors (Lipinski definition) is 4. The van der Waals surface area contributed by atoms with Crippen molar-refractivity contribution in [2.75, 3.05) is 20.3 Å². The molecule has 1 atom stereocenters. The molecule has 1 saturated carbocycles. The molecule has 1 aromatic rings. The molecule has 138 valence electrons. The number of aromatic nitrogens is 2. The zero-order chi connectivity index (χ0) is 17.8. The molecule has 0 unspecified atom stereocenters. The predicted molar refractivity (Wildman–Crippen MR) is 91.7 cm³/mol. The largest absolute Gasteiger partial charge is 0.383 e. The van der Waals surface area contributed by atoms with Gasteiger partial charge in [-0.2, -0.15) is 5.10 Å².